The summed E-state index contributed by atoms with van der Waals surface area (Å²) in [6, 6.07) is 20.5. The number of rotatable bonds is 6. The molecule has 3 heterocycles. The summed E-state index contributed by atoms with van der Waals surface area (Å²) in [5.41, 5.74) is 2.31. The van der Waals surface area contributed by atoms with Crippen LogP contribution in [0.25, 0.3) is 0 Å². The Labute approximate surface area is 197 Å². The summed E-state index contributed by atoms with van der Waals surface area (Å²) < 4.78 is 6.01. The number of hydrazone groups is 1. The predicted octanol–water partition coefficient (Wildman–Crippen LogP) is 4.74. The molecule has 1 fully saturated rings. The Kier molecular flexibility index (Phi) is 6.21. The molecule has 0 radical (unpaired) electrons. The van der Waals surface area contributed by atoms with Crippen molar-refractivity contribution in [1.82, 2.24) is 9.91 Å². The van der Waals surface area contributed by atoms with E-state index in [1.54, 1.807) is 28.5 Å². The van der Waals surface area contributed by atoms with Crippen molar-refractivity contribution in [2.45, 2.75) is 25.3 Å². The van der Waals surface area contributed by atoms with E-state index in [1.807, 2.05) is 64.9 Å². The Morgan fingerprint density at radius 3 is 2.48 bits per heavy atom. The number of benzene rings is 2. The minimum Gasteiger partial charge on any atom is -0.483 e. The normalized spacial score (nSPS) is 17.8. The molecule has 2 amide bonds. The van der Waals surface area contributed by atoms with Crippen molar-refractivity contribution in [3.63, 3.8) is 0 Å². The van der Waals surface area contributed by atoms with Gasteiger partial charge in [0.15, 0.2) is 6.61 Å². The average molecular weight is 460 g/mol. The largest absolute Gasteiger partial charge is 0.483 e. The number of hydrogen-bond donors (Lipinski definition) is 0. The smallest absolute Gasteiger partial charge is 0.274 e. The summed E-state index contributed by atoms with van der Waals surface area (Å²) in [5, 5.41) is 8.32. The second kappa shape index (κ2) is 9.58. The Hall–Kier alpha value is -3.45. The van der Waals surface area contributed by atoms with E-state index < -0.39 is 0 Å². The summed E-state index contributed by atoms with van der Waals surface area (Å²) in [4.78, 5) is 28.8. The molecule has 0 spiro atoms. The van der Waals surface area contributed by atoms with E-state index >= 15 is 0 Å². The van der Waals surface area contributed by atoms with Crippen LogP contribution in [-0.2, 0) is 4.79 Å². The van der Waals surface area contributed by atoms with Crippen LogP contribution < -0.4 is 4.74 Å². The van der Waals surface area contributed by atoms with Gasteiger partial charge in [-0.1, -0.05) is 42.5 Å². The van der Waals surface area contributed by atoms with Gasteiger partial charge >= 0.3 is 0 Å². The lowest BCUT2D eigenvalue weighted by atomic mass is 9.99. The molecule has 5 rings (SSSR count). The SMILES string of the molecule is O=C(COc1ccccc1C1CC(c2cccs2)=NN1C(=O)c1ccccc1)N1CCCC1. The fraction of sp³-hybridized carbons (Fsp3) is 0.269. The van der Waals surface area contributed by atoms with Gasteiger partial charge in [0.1, 0.15) is 5.75 Å². The predicted molar refractivity (Wildman–Crippen MR) is 129 cm³/mol. The third kappa shape index (κ3) is 4.54. The second-order valence-electron chi connectivity index (χ2n) is 8.17. The first-order valence-electron chi connectivity index (χ1n) is 11.2. The molecule has 2 aliphatic rings. The summed E-state index contributed by atoms with van der Waals surface area (Å²) in [5.74, 6) is 0.458. The van der Waals surface area contributed by atoms with Crippen molar-refractivity contribution >= 4 is 28.9 Å². The number of ether oxygens (including phenoxy) is 1. The highest BCUT2D eigenvalue weighted by Gasteiger charge is 2.35. The van der Waals surface area contributed by atoms with Crippen LogP contribution in [0.1, 0.15) is 46.1 Å². The quantitative estimate of drug-likeness (QED) is 0.535. The minimum atomic E-state index is -0.312. The third-order valence-electron chi connectivity index (χ3n) is 6.03. The van der Waals surface area contributed by atoms with Crippen LogP contribution in [0.4, 0.5) is 0 Å². The van der Waals surface area contributed by atoms with Gasteiger partial charge in [-0.3, -0.25) is 9.59 Å². The Morgan fingerprint density at radius 2 is 1.73 bits per heavy atom. The summed E-state index contributed by atoms with van der Waals surface area (Å²) in [7, 11) is 0. The van der Waals surface area contributed by atoms with E-state index in [0.29, 0.717) is 17.7 Å². The van der Waals surface area contributed by atoms with E-state index in [9.17, 15) is 9.59 Å². The van der Waals surface area contributed by atoms with Gasteiger partial charge in [-0.15, -0.1) is 11.3 Å². The molecule has 168 valence electrons. The van der Waals surface area contributed by atoms with Gasteiger partial charge in [-0.2, -0.15) is 5.10 Å². The maximum absolute atomic E-state index is 13.4. The van der Waals surface area contributed by atoms with Crippen molar-refractivity contribution in [3.8, 4) is 5.75 Å². The lowest BCUT2D eigenvalue weighted by Crippen LogP contribution is -2.32. The molecule has 0 saturated carbocycles. The van der Waals surface area contributed by atoms with E-state index in [2.05, 4.69) is 0 Å². The summed E-state index contributed by atoms with van der Waals surface area (Å²) in [6.07, 6.45) is 2.67. The van der Waals surface area contributed by atoms with Gasteiger partial charge < -0.3 is 9.64 Å². The lowest BCUT2D eigenvalue weighted by molar-refractivity contribution is -0.132. The van der Waals surface area contributed by atoms with Gasteiger partial charge in [0.05, 0.1) is 16.6 Å². The van der Waals surface area contributed by atoms with E-state index in [1.165, 1.54) is 0 Å². The zero-order valence-electron chi connectivity index (χ0n) is 18.2. The van der Waals surface area contributed by atoms with Crippen molar-refractivity contribution < 1.29 is 14.3 Å². The first kappa shape index (κ1) is 21.4. The molecular weight excluding hydrogens is 434 g/mol. The van der Waals surface area contributed by atoms with Crippen molar-refractivity contribution in [3.05, 3.63) is 88.1 Å². The molecular formula is C26H25N3O3S. The van der Waals surface area contributed by atoms with Crippen molar-refractivity contribution in [2.24, 2.45) is 5.10 Å². The lowest BCUT2D eigenvalue weighted by Gasteiger charge is -2.24. The van der Waals surface area contributed by atoms with Gasteiger partial charge in [0, 0.05) is 30.6 Å². The fourth-order valence-electron chi connectivity index (χ4n) is 4.33. The summed E-state index contributed by atoms with van der Waals surface area (Å²) in [6.45, 7) is 1.59. The maximum atomic E-state index is 13.4. The zero-order valence-corrected chi connectivity index (χ0v) is 19.0. The molecule has 0 bridgehead atoms. The highest BCUT2D eigenvalue weighted by molar-refractivity contribution is 7.12. The Balaban J connectivity index is 1.43. The fourth-order valence-corrected chi connectivity index (χ4v) is 5.05. The molecule has 1 saturated heterocycles. The van der Waals surface area contributed by atoms with Gasteiger partial charge in [0.2, 0.25) is 0 Å². The van der Waals surface area contributed by atoms with Crippen LogP contribution in [0.15, 0.2) is 77.2 Å². The molecule has 1 unspecified atom stereocenters. The summed E-state index contributed by atoms with van der Waals surface area (Å²) >= 11 is 1.61. The van der Waals surface area contributed by atoms with Gasteiger partial charge in [0.25, 0.3) is 11.8 Å². The monoisotopic (exact) mass is 459 g/mol. The molecule has 2 aromatic carbocycles. The third-order valence-corrected chi connectivity index (χ3v) is 6.95. The highest BCUT2D eigenvalue weighted by atomic mass is 32.1. The molecule has 1 aromatic heterocycles. The number of thiophene rings is 1. The Morgan fingerprint density at radius 1 is 0.970 bits per heavy atom. The number of likely N-dealkylation sites (tertiary alicyclic amines) is 1. The van der Waals surface area contributed by atoms with E-state index in [0.717, 1.165) is 42.1 Å². The molecule has 7 heteroatoms. The number of para-hydroxylation sites is 1. The minimum absolute atomic E-state index is 0.00136. The van der Waals surface area contributed by atoms with Crippen LogP contribution in [0, 0.1) is 0 Å². The first-order chi connectivity index (χ1) is 16.2. The van der Waals surface area contributed by atoms with Gasteiger partial charge in [-0.05, 0) is 42.5 Å². The van der Waals surface area contributed by atoms with Crippen LogP contribution in [0.5, 0.6) is 5.75 Å². The number of amides is 2. The van der Waals surface area contributed by atoms with Crippen LogP contribution in [0.2, 0.25) is 0 Å². The van der Waals surface area contributed by atoms with Crippen LogP contribution in [0.3, 0.4) is 0 Å². The topological polar surface area (TPSA) is 62.2 Å². The molecule has 0 aliphatic carbocycles. The number of carbonyl (C=O) groups is 2. The molecule has 33 heavy (non-hydrogen) atoms. The zero-order chi connectivity index (χ0) is 22.6. The molecule has 0 N–H and O–H groups in total. The highest BCUT2D eigenvalue weighted by Crippen LogP contribution is 2.39. The molecule has 2 aliphatic heterocycles. The van der Waals surface area contributed by atoms with E-state index in [4.69, 9.17) is 9.84 Å². The first-order valence-corrected chi connectivity index (χ1v) is 12.1. The maximum Gasteiger partial charge on any atom is 0.274 e. The van der Waals surface area contributed by atoms with Crippen LogP contribution in [-0.4, -0.2) is 47.1 Å². The van der Waals surface area contributed by atoms with Crippen molar-refractivity contribution in [2.75, 3.05) is 19.7 Å². The van der Waals surface area contributed by atoms with Crippen LogP contribution >= 0.6 is 11.3 Å². The Bertz CT molecular complexity index is 1150. The molecule has 1 atom stereocenters. The van der Waals surface area contributed by atoms with Gasteiger partial charge in [-0.25, -0.2) is 5.01 Å². The molecule has 3 aromatic rings. The number of hydrogen-bond acceptors (Lipinski definition) is 5. The number of carbonyl (C=O) groups excluding carboxylic acids is 2. The molecule has 6 nitrogen and oxygen atoms in total. The van der Waals surface area contributed by atoms with E-state index in [-0.39, 0.29) is 24.5 Å². The van der Waals surface area contributed by atoms with Crippen molar-refractivity contribution in [1.29, 1.82) is 0 Å². The second-order valence-corrected chi connectivity index (χ2v) is 9.12. The average Bonchev–Trinajstić information content (AvgIpc) is 3.64. The standard InChI is InChI=1S/C26H25N3O3S/c30-25(28-14-6-7-15-28)18-32-23-12-5-4-11-20(23)22-17-21(24-13-8-16-33-24)27-29(22)26(31)19-9-2-1-3-10-19/h1-5,8-13,16,22H,6-7,14-15,17-18H2. The number of nitrogens with zero attached hydrogens (tertiary/aromatic N) is 3.